The fourth-order valence-electron chi connectivity index (χ4n) is 1.86. The van der Waals surface area contributed by atoms with Gasteiger partial charge in [-0.25, -0.2) is 4.79 Å². The van der Waals surface area contributed by atoms with Crippen molar-refractivity contribution < 1.29 is 14.5 Å². The van der Waals surface area contributed by atoms with Crippen LogP contribution in [0.2, 0.25) is 0 Å². The van der Waals surface area contributed by atoms with Crippen LogP contribution in [-0.2, 0) is 0 Å². The van der Waals surface area contributed by atoms with Crippen molar-refractivity contribution in [2.45, 2.75) is 19.8 Å². The smallest absolute Gasteiger partial charge is 0.343 e. The Morgan fingerprint density at radius 1 is 1.23 bits per heavy atom. The van der Waals surface area contributed by atoms with Crippen molar-refractivity contribution in [2.24, 2.45) is 0 Å². The Labute approximate surface area is 136 Å². The summed E-state index contributed by atoms with van der Waals surface area (Å²) in [4.78, 5) is 22.3. The maximum absolute atomic E-state index is 12.1. The van der Waals surface area contributed by atoms with Crippen LogP contribution in [0.3, 0.4) is 0 Å². The van der Waals surface area contributed by atoms with Gasteiger partial charge in [0.1, 0.15) is 5.75 Å². The van der Waals surface area contributed by atoms with Gasteiger partial charge in [-0.3, -0.25) is 10.1 Å². The van der Waals surface area contributed by atoms with Gasteiger partial charge >= 0.3 is 5.97 Å². The number of nitro groups is 1. The molecule has 0 atom stereocenters. The lowest BCUT2D eigenvalue weighted by Gasteiger charge is -2.10. The summed E-state index contributed by atoms with van der Waals surface area (Å²) in [5.41, 5.74) is 1.10. The second-order valence-electron chi connectivity index (χ2n) is 5.04. The summed E-state index contributed by atoms with van der Waals surface area (Å²) in [6, 6.07) is 10.9. The average molecular weight is 364 g/mol. The zero-order valence-electron chi connectivity index (χ0n) is 12.1. The number of halogens is 1. The largest absolute Gasteiger partial charge is 0.422 e. The SMILES string of the molecule is CC(C)c1ccc(OC(=O)c2cccc([N+](=O)[O-])c2)c(Br)c1. The molecule has 0 aromatic heterocycles. The van der Waals surface area contributed by atoms with Crippen LogP contribution >= 0.6 is 15.9 Å². The highest BCUT2D eigenvalue weighted by Gasteiger charge is 2.15. The van der Waals surface area contributed by atoms with Crippen molar-refractivity contribution in [1.82, 2.24) is 0 Å². The highest BCUT2D eigenvalue weighted by Crippen LogP contribution is 2.29. The lowest BCUT2D eigenvalue weighted by molar-refractivity contribution is -0.384. The molecule has 0 unspecified atom stereocenters. The van der Waals surface area contributed by atoms with Gasteiger partial charge in [0.15, 0.2) is 0 Å². The molecule has 0 amide bonds. The zero-order chi connectivity index (χ0) is 16.3. The van der Waals surface area contributed by atoms with Crippen LogP contribution in [-0.4, -0.2) is 10.9 Å². The maximum Gasteiger partial charge on any atom is 0.343 e. The number of hydrogen-bond acceptors (Lipinski definition) is 4. The van der Waals surface area contributed by atoms with E-state index < -0.39 is 10.9 Å². The van der Waals surface area contributed by atoms with E-state index in [2.05, 4.69) is 29.8 Å². The second-order valence-corrected chi connectivity index (χ2v) is 5.90. The van der Waals surface area contributed by atoms with Crippen molar-refractivity contribution in [3.05, 3.63) is 68.2 Å². The van der Waals surface area contributed by atoms with Crippen LogP contribution in [0.15, 0.2) is 46.9 Å². The van der Waals surface area contributed by atoms with Crippen molar-refractivity contribution >= 4 is 27.6 Å². The van der Waals surface area contributed by atoms with Crippen LogP contribution in [0.25, 0.3) is 0 Å². The van der Waals surface area contributed by atoms with E-state index >= 15 is 0 Å². The van der Waals surface area contributed by atoms with Crippen LogP contribution in [0, 0.1) is 10.1 Å². The Morgan fingerprint density at radius 3 is 2.55 bits per heavy atom. The molecule has 0 fully saturated rings. The van der Waals surface area contributed by atoms with E-state index in [0.29, 0.717) is 16.1 Å². The van der Waals surface area contributed by atoms with Gasteiger partial charge in [0.2, 0.25) is 0 Å². The molecule has 0 saturated heterocycles. The third-order valence-electron chi connectivity index (χ3n) is 3.12. The number of hydrogen-bond donors (Lipinski definition) is 0. The lowest BCUT2D eigenvalue weighted by atomic mass is 10.0. The summed E-state index contributed by atoms with van der Waals surface area (Å²) in [6.45, 7) is 4.13. The Balaban J connectivity index is 2.22. The lowest BCUT2D eigenvalue weighted by Crippen LogP contribution is -2.09. The minimum Gasteiger partial charge on any atom is -0.422 e. The molecule has 0 saturated carbocycles. The standard InChI is InChI=1S/C16H14BrNO4/c1-10(2)11-6-7-15(14(17)9-11)22-16(19)12-4-3-5-13(8-12)18(20)21/h3-10H,1-2H3. The first-order chi connectivity index (χ1) is 10.4. The molecular formula is C16H14BrNO4. The molecular weight excluding hydrogens is 350 g/mol. The van der Waals surface area contributed by atoms with Crippen LogP contribution in [0.5, 0.6) is 5.75 Å². The van der Waals surface area contributed by atoms with Gasteiger partial charge in [-0.05, 0) is 45.6 Å². The highest BCUT2D eigenvalue weighted by atomic mass is 79.9. The van der Waals surface area contributed by atoms with Gasteiger partial charge in [-0.15, -0.1) is 0 Å². The Hall–Kier alpha value is -2.21. The van der Waals surface area contributed by atoms with Gasteiger partial charge in [0, 0.05) is 12.1 Å². The molecule has 6 heteroatoms. The van der Waals surface area contributed by atoms with Gasteiger partial charge in [-0.2, -0.15) is 0 Å². The second kappa shape index (κ2) is 6.70. The molecule has 5 nitrogen and oxygen atoms in total. The number of non-ortho nitro benzene ring substituents is 1. The number of carbonyl (C=O) groups is 1. The molecule has 0 aliphatic rings. The third kappa shape index (κ3) is 3.71. The first kappa shape index (κ1) is 16.2. The van der Waals surface area contributed by atoms with E-state index in [1.54, 1.807) is 6.07 Å². The van der Waals surface area contributed by atoms with E-state index in [9.17, 15) is 14.9 Å². The zero-order valence-corrected chi connectivity index (χ0v) is 13.7. The molecule has 0 radical (unpaired) electrons. The van der Waals surface area contributed by atoms with Crippen LogP contribution in [0.4, 0.5) is 5.69 Å². The molecule has 0 aliphatic heterocycles. The monoisotopic (exact) mass is 363 g/mol. The fourth-order valence-corrected chi connectivity index (χ4v) is 2.34. The Bertz CT molecular complexity index is 728. The van der Waals surface area contributed by atoms with E-state index in [4.69, 9.17) is 4.74 Å². The van der Waals surface area contributed by atoms with E-state index in [1.807, 2.05) is 12.1 Å². The summed E-state index contributed by atoms with van der Waals surface area (Å²) in [5, 5.41) is 10.7. The van der Waals surface area contributed by atoms with Gasteiger partial charge < -0.3 is 4.74 Å². The number of nitrogens with zero attached hydrogens (tertiary/aromatic N) is 1. The minimum atomic E-state index is -0.637. The van der Waals surface area contributed by atoms with Crippen molar-refractivity contribution in [1.29, 1.82) is 0 Å². The normalized spacial score (nSPS) is 10.5. The van der Waals surface area contributed by atoms with Gasteiger partial charge in [-0.1, -0.05) is 26.0 Å². The molecule has 0 N–H and O–H groups in total. The molecule has 2 aromatic rings. The topological polar surface area (TPSA) is 69.4 Å². The third-order valence-corrected chi connectivity index (χ3v) is 3.74. The number of rotatable bonds is 4. The fraction of sp³-hybridized carbons (Fsp3) is 0.188. The number of carbonyl (C=O) groups excluding carboxylic acids is 1. The summed E-state index contributed by atoms with van der Waals surface area (Å²) in [5.74, 6) is 0.0976. The maximum atomic E-state index is 12.1. The predicted octanol–water partition coefficient (Wildman–Crippen LogP) is 4.70. The molecule has 0 spiro atoms. The molecule has 2 aromatic carbocycles. The van der Waals surface area contributed by atoms with E-state index in [0.717, 1.165) is 5.56 Å². The summed E-state index contributed by atoms with van der Waals surface area (Å²) >= 11 is 3.37. The van der Waals surface area contributed by atoms with Crippen LogP contribution in [0.1, 0.15) is 35.7 Å². The molecule has 0 heterocycles. The predicted molar refractivity (Wildman–Crippen MR) is 86.3 cm³/mol. The number of esters is 1. The van der Waals surface area contributed by atoms with E-state index in [-0.39, 0.29) is 11.3 Å². The minimum absolute atomic E-state index is 0.133. The van der Waals surface area contributed by atoms with Crippen LogP contribution < -0.4 is 4.74 Å². The first-order valence-corrected chi connectivity index (χ1v) is 7.44. The summed E-state index contributed by atoms with van der Waals surface area (Å²) < 4.78 is 5.96. The quantitative estimate of drug-likeness (QED) is 0.341. The van der Waals surface area contributed by atoms with Crippen molar-refractivity contribution in [3.63, 3.8) is 0 Å². The van der Waals surface area contributed by atoms with Gasteiger partial charge in [0.05, 0.1) is 15.0 Å². The first-order valence-electron chi connectivity index (χ1n) is 6.64. The molecule has 0 aliphatic carbocycles. The Morgan fingerprint density at radius 2 is 1.95 bits per heavy atom. The molecule has 22 heavy (non-hydrogen) atoms. The number of ether oxygens (including phenoxy) is 1. The summed E-state index contributed by atoms with van der Waals surface area (Å²) in [6.07, 6.45) is 0. The summed E-state index contributed by atoms with van der Waals surface area (Å²) in [7, 11) is 0. The van der Waals surface area contributed by atoms with Crippen molar-refractivity contribution in [3.8, 4) is 5.75 Å². The number of benzene rings is 2. The molecule has 0 bridgehead atoms. The highest BCUT2D eigenvalue weighted by molar-refractivity contribution is 9.10. The molecule has 114 valence electrons. The Kier molecular flexibility index (Phi) is 4.92. The van der Waals surface area contributed by atoms with Gasteiger partial charge in [0.25, 0.3) is 5.69 Å². The van der Waals surface area contributed by atoms with E-state index in [1.165, 1.54) is 24.3 Å². The molecule has 2 rings (SSSR count). The van der Waals surface area contributed by atoms with Crippen molar-refractivity contribution in [2.75, 3.05) is 0 Å². The number of nitro benzene ring substituents is 1. The average Bonchev–Trinajstić information content (AvgIpc) is 2.49.